The number of carbonyl (C=O) groups excluding carboxylic acids is 1. The van der Waals surface area contributed by atoms with Gasteiger partial charge in [0.2, 0.25) is 5.91 Å². The number of aliphatic hydroxyl groups excluding tert-OH is 1. The molecule has 2 saturated heterocycles. The van der Waals surface area contributed by atoms with Gasteiger partial charge in [-0.2, -0.15) is 0 Å². The number of benzene rings is 1. The zero-order valence-corrected chi connectivity index (χ0v) is 14.3. The van der Waals surface area contributed by atoms with Gasteiger partial charge in [-0.25, -0.2) is 0 Å². The molecule has 2 aliphatic heterocycles. The molecular weight excluding hydrogens is 304 g/mol. The summed E-state index contributed by atoms with van der Waals surface area (Å²) in [7, 11) is 0. The maximum atomic E-state index is 11.8. The molecule has 132 valence electrons. The maximum Gasteiger partial charge on any atom is 0.222 e. The minimum absolute atomic E-state index is 0.322. The van der Waals surface area contributed by atoms with E-state index in [1.54, 1.807) is 0 Å². The first-order valence-corrected chi connectivity index (χ1v) is 9.04. The van der Waals surface area contributed by atoms with Crippen LogP contribution in [-0.2, 0) is 16.1 Å². The fraction of sp³-hybridized carbons (Fsp3) is 0.632. The number of β-amino-alcohol motifs (C(OH)–C–C–N with tert-alkyl or cyclic N) is 1. The Morgan fingerprint density at radius 3 is 2.58 bits per heavy atom. The molecular formula is C19H28N2O3. The van der Waals surface area contributed by atoms with Crippen LogP contribution in [-0.4, -0.2) is 65.7 Å². The lowest BCUT2D eigenvalue weighted by Gasteiger charge is -2.37. The summed E-state index contributed by atoms with van der Waals surface area (Å²) in [5.74, 6) is 0.322. The molecule has 1 aromatic rings. The number of carbonyl (C=O) groups is 1. The van der Waals surface area contributed by atoms with Crippen molar-refractivity contribution in [1.29, 1.82) is 0 Å². The number of hydrogen-bond donors (Lipinski definition) is 1. The van der Waals surface area contributed by atoms with Gasteiger partial charge < -0.3 is 19.6 Å². The molecule has 1 amide bonds. The summed E-state index contributed by atoms with van der Waals surface area (Å²) in [6.45, 7) is 4.37. The van der Waals surface area contributed by atoms with Gasteiger partial charge in [-0.05, 0) is 24.8 Å². The largest absolute Gasteiger partial charge is 0.389 e. The van der Waals surface area contributed by atoms with E-state index >= 15 is 0 Å². The Kier molecular flexibility index (Phi) is 6.24. The van der Waals surface area contributed by atoms with Crippen LogP contribution in [0.15, 0.2) is 30.3 Å². The summed E-state index contributed by atoms with van der Waals surface area (Å²) >= 11 is 0. The number of aliphatic hydroxyl groups is 1. The number of amides is 1. The lowest BCUT2D eigenvalue weighted by molar-refractivity contribution is -0.130. The molecule has 0 saturated carbocycles. The molecule has 24 heavy (non-hydrogen) atoms. The lowest BCUT2D eigenvalue weighted by Crippen LogP contribution is -2.47. The van der Waals surface area contributed by atoms with E-state index in [0.29, 0.717) is 31.7 Å². The number of piperidine rings is 1. The Bertz CT molecular complexity index is 515. The fourth-order valence-corrected chi connectivity index (χ4v) is 3.71. The molecule has 3 rings (SSSR count). The highest BCUT2D eigenvalue weighted by Gasteiger charge is 2.30. The number of hydrogen-bond acceptors (Lipinski definition) is 4. The first-order chi connectivity index (χ1) is 11.7. The summed E-state index contributed by atoms with van der Waals surface area (Å²) in [6, 6.07) is 10.4. The molecule has 2 aliphatic rings. The maximum absolute atomic E-state index is 11.8. The van der Waals surface area contributed by atoms with Crippen molar-refractivity contribution in [3.63, 3.8) is 0 Å². The molecule has 0 unspecified atom stereocenters. The van der Waals surface area contributed by atoms with Gasteiger partial charge in [0.05, 0.1) is 19.3 Å². The van der Waals surface area contributed by atoms with Gasteiger partial charge in [-0.3, -0.25) is 4.79 Å². The first-order valence-electron chi connectivity index (χ1n) is 9.04. The molecule has 0 spiro atoms. The van der Waals surface area contributed by atoms with E-state index in [0.717, 1.165) is 50.9 Å². The summed E-state index contributed by atoms with van der Waals surface area (Å²) in [5, 5.41) is 10.2. The number of nitrogens with zero attached hydrogens (tertiary/aromatic N) is 2. The van der Waals surface area contributed by atoms with Gasteiger partial charge in [0.15, 0.2) is 0 Å². The third-order valence-electron chi connectivity index (χ3n) is 5.00. The van der Waals surface area contributed by atoms with Crippen LogP contribution in [0.1, 0.15) is 31.2 Å². The second-order valence-electron chi connectivity index (χ2n) is 6.88. The van der Waals surface area contributed by atoms with Crippen molar-refractivity contribution in [1.82, 2.24) is 9.80 Å². The molecule has 0 radical (unpaired) electrons. The van der Waals surface area contributed by atoms with Crippen LogP contribution in [0.5, 0.6) is 0 Å². The van der Waals surface area contributed by atoms with E-state index < -0.39 is 6.10 Å². The third-order valence-corrected chi connectivity index (χ3v) is 5.00. The minimum Gasteiger partial charge on any atom is -0.389 e. The summed E-state index contributed by atoms with van der Waals surface area (Å²) < 4.78 is 5.61. The Hall–Kier alpha value is -1.43. The van der Waals surface area contributed by atoms with E-state index in [9.17, 15) is 9.90 Å². The van der Waals surface area contributed by atoms with Crippen molar-refractivity contribution in [2.75, 3.05) is 32.8 Å². The molecule has 0 bridgehead atoms. The number of rotatable bonds is 7. The van der Waals surface area contributed by atoms with Crippen molar-refractivity contribution in [3.05, 3.63) is 35.9 Å². The van der Waals surface area contributed by atoms with Crippen molar-refractivity contribution >= 4 is 5.91 Å². The smallest absolute Gasteiger partial charge is 0.222 e. The van der Waals surface area contributed by atoms with E-state index in [-0.39, 0.29) is 0 Å². The van der Waals surface area contributed by atoms with Crippen LogP contribution in [0.3, 0.4) is 0 Å². The molecule has 0 aliphatic carbocycles. The van der Waals surface area contributed by atoms with Crippen LogP contribution in [0.4, 0.5) is 0 Å². The Labute approximate surface area is 144 Å². The van der Waals surface area contributed by atoms with E-state index in [1.807, 2.05) is 30.3 Å². The van der Waals surface area contributed by atoms with Gasteiger partial charge in [0.1, 0.15) is 0 Å². The van der Waals surface area contributed by atoms with Gasteiger partial charge in [-0.1, -0.05) is 30.3 Å². The summed E-state index contributed by atoms with van der Waals surface area (Å²) in [4.78, 5) is 16.2. The molecule has 1 N–H and O–H groups in total. The Balaban J connectivity index is 1.33. The topological polar surface area (TPSA) is 53.0 Å². The van der Waals surface area contributed by atoms with E-state index in [4.69, 9.17) is 4.74 Å². The van der Waals surface area contributed by atoms with E-state index in [1.165, 1.54) is 0 Å². The van der Waals surface area contributed by atoms with E-state index in [2.05, 4.69) is 9.80 Å². The predicted octanol–water partition coefficient (Wildman–Crippen LogP) is 1.65. The third kappa shape index (κ3) is 4.79. The van der Waals surface area contributed by atoms with Crippen molar-refractivity contribution < 1.29 is 14.6 Å². The van der Waals surface area contributed by atoms with Crippen molar-refractivity contribution in [2.24, 2.45) is 0 Å². The second kappa shape index (κ2) is 8.60. The first kappa shape index (κ1) is 17.4. The number of likely N-dealkylation sites (tertiary alicyclic amines) is 2. The second-order valence-corrected chi connectivity index (χ2v) is 6.88. The molecule has 0 aromatic heterocycles. The Morgan fingerprint density at radius 2 is 1.92 bits per heavy atom. The highest BCUT2D eigenvalue weighted by atomic mass is 16.5. The quantitative estimate of drug-likeness (QED) is 0.825. The van der Waals surface area contributed by atoms with Gasteiger partial charge in [0, 0.05) is 38.6 Å². The van der Waals surface area contributed by atoms with Crippen LogP contribution < -0.4 is 0 Å². The Morgan fingerprint density at radius 1 is 1.17 bits per heavy atom. The fourth-order valence-electron chi connectivity index (χ4n) is 3.71. The summed E-state index contributed by atoms with van der Waals surface area (Å²) in [6.07, 6.45) is 3.31. The monoisotopic (exact) mass is 332 g/mol. The average molecular weight is 332 g/mol. The highest BCUT2D eigenvalue weighted by molar-refractivity contribution is 5.78. The predicted molar refractivity (Wildman–Crippen MR) is 92.5 cm³/mol. The normalized spacial score (nSPS) is 21.4. The van der Waals surface area contributed by atoms with Crippen LogP contribution >= 0.6 is 0 Å². The minimum atomic E-state index is -0.460. The average Bonchev–Trinajstić information content (AvgIpc) is 3.03. The summed E-state index contributed by atoms with van der Waals surface area (Å²) in [5.41, 5.74) is 1.13. The van der Waals surface area contributed by atoms with Crippen LogP contribution in [0.25, 0.3) is 0 Å². The van der Waals surface area contributed by atoms with Crippen LogP contribution in [0.2, 0.25) is 0 Å². The van der Waals surface area contributed by atoms with Gasteiger partial charge in [-0.15, -0.1) is 0 Å². The molecule has 2 fully saturated rings. The van der Waals surface area contributed by atoms with Crippen molar-refractivity contribution in [2.45, 2.75) is 44.4 Å². The molecule has 1 aromatic carbocycles. The SMILES string of the molecule is O=C1CCCN1C1CCN(C[C@@H](O)COCc2ccccc2)CC1. The molecule has 2 heterocycles. The zero-order chi connectivity index (χ0) is 16.8. The molecule has 5 nitrogen and oxygen atoms in total. The van der Waals surface area contributed by atoms with Crippen LogP contribution in [0, 0.1) is 0 Å². The standard InChI is InChI=1S/C19H28N2O3/c22-18(15-24-14-16-5-2-1-3-6-16)13-20-11-8-17(9-12-20)21-10-4-7-19(21)23/h1-3,5-6,17-18,22H,4,7-15H2/t18-/m1/s1. The van der Waals surface area contributed by atoms with Crippen molar-refractivity contribution in [3.8, 4) is 0 Å². The number of ether oxygens (including phenoxy) is 1. The van der Waals surface area contributed by atoms with Gasteiger partial charge >= 0.3 is 0 Å². The highest BCUT2D eigenvalue weighted by Crippen LogP contribution is 2.22. The molecule has 5 heteroatoms. The molecule has 1 atom stereocenters. The zero-order valence-electron chi connectivity index (χ0n) is 14.3. The lowest BCUT2D eigenvalue weighted by atomic mass is 10.0. The van der Waals surface area contributed by atoms with Gasteiger partial charge in [0.25, 0.3) is 0 Å².